The van der Waals surface area contributed by atoms with Crippen LogP contribution in [-0.4, -0.2) is 52.9 Å². The molecule has 38 heavy (non-hydrogen) atoms. The second-order valence-electron chi connectivity index (χ2n) is 11.2. The summed E-state index contributed by atoms with van der Waals surface area (Å²) in [5.41, 5.74) is 2.87. The predicted octanol–water partition coefficient (Wildman–Crippen LogP) is 6.52. The van der Waals surface area contributed by atoms with Crippen LogP contribution < -0.4 is 9.47 Å². The summed E-state index contributed by atoms with van der Waals surface area (Å²) in [4.78, 5) is 0. The van der Waals surface area contributed by atoms with Crippen LogP contribution >= 0.6 is 0 Å². The van der Waals surface area contributed by atoms with Gasteiger partial charge in [0.25, 0.3) is 0 Å². The van der Waals surface area contributed by atoms with Crippen LogP contribution in [0.5, 0.6) is 23.0 Å². The molecule has 2 atom stereocenters. The number of hydroxylamine groups is 3. The van der Waals surface area contributed by atoms with E-state index in [9.17, 15) is 15.4 Å². The van der Waals surface area contributed by atoms with E-state index in [4.69, 9.17) is 9.47 Å². The Kier molecular flexibility index (Phi) is 7.82. The van der Waals surface area contributed by atoms with Gasteiger partial charge in [-0.1, -0.05) is 37.3 Å². The van der Waals surface area contributed by atoms with Gasteiger partial charge in [-0.05, 0) is 80.0 Å². The molecule has 3 aromatic rings. The van der Waals surface area contributed by atoms with Crippen molar-refractivity contribution in [3.05, 3.63) is 83.4 Å². The molecular formula is C32H40NO5+. The number of ether oxygens (including phenoxy) is 2. The van der Waals surface area contributed by atoms with Gasteiger partial charge in [0, 0.05) is 23.0 Å². The average molecular weight is 519 g/mol. The number of aromatic hydroxyl groups is 2. The standard InChI is InChI=1S/C32H39NO5/c1-32(25-10-12-26(34)13-11-25)23-38-30-22-27(35)14-17-29(30)31(32)24-8-15-28(16-9-24)37-21-7-3-6-20-33(36)18-4-2-5-19-33/h8-17,22,31,36H,2-7,18-21,23H2,1H3,(H-,34,35)/p+1/t31-,32-/m1/s1. The van der Waals surface area contributed by atoms with E-state index in [-0.39, 0.29) is 27.5 Å². The molecule has 2 heterocycles. The van der Waals surface area contributed by atoms with E-state index in [1.165, 1.54) is 6.42 Å². The van der Waals surface area contributed by atoms with Crippen LogP contribution in [0.4, 0.5) is 0 Å². The maximum atomic E-state index is 10.6. The Morgan fingerprint density at radius 2 is 1.58 bits per heavy atom. The van der Waals surface area contributed by atoms with Gasteiger partial charge >= 0.3 is 0 Å². The van der Waals surface area contributed by atoms with Gasteiger partial charge < -0.3 is 19.7 Å². The molecule has 0 amide bonds. The zero-order chi connectivity index (χ0) is 26.6. The highest BCUT2D eigenvalue weighted by molar-refractivity contribution is 5.53. The third kappa shape index (κ3) is 5.77. The third-order valence-corrected chi connectivity index (χ3v) is 8.35. The largest absolute Gasteiger partial charge is 0.508 e. The van der Waals surface area contributed by atoms with Gasteiger partial charge in [-0.3, -0.25) is 0 Å². The maximum absolute atomic E-state index is 10.6. The number of unbranched alkanes of at least 4 members (excludes halogenated alkanes) is 2. The molecule has 1 fully saturated rings. The van der Waals surface area contributed by atoms with Gasteiger partial charge in [-0.15, -0.1) is 0 Å². The van der Waals surface area contributed by atoms with Crippen molar-refractivity contribution in [2.75, 3.05) is 32.8 Å². The zero-order valence-corrected chi connectivity index (χ0v) is 22.3. The molecular weight excluding hydrogens is 478 g/mol. The highest BCUT2D eigenvalue weighted by Gasteiger charge is 2.43. The molecule has 5 rings (SSSR count). The Bertz CT molecular complexity index is 1200. The first kappa shape index (κ1) is 26.4. The summed E-state index contributed by atoms with van der Waals surface area (Å²) in [5, 5.41) is 30.5. The van der Waals surface area contributed by atoms with E-state index in [1.54, 1.807) is 24.3 Å². The number of benzene rings is 3. The number of phenolic OH excluding ortho intramolecular Hbond substituents is 2. The van der Waals surface area contributed by atoms with Crippen LogP contribution in [0.2, 0.25) is 0 Å². The monoisotopic (exact) mass is 518 g/mol. The lowest BCUT2D eigenvalue weighted by molar-refractivity contribution is -1.10. The fourth-order valence-corrected chi connectivity index (χ4v) is 6.14. The normalized spacial score (nSPS) is 22.3. The fraction of sp³-hybridized carbons (Fsp3) is 0.438. The van der Waals surface area contributed by atoms with E-state index in [2.05, 4.69) is 19.1 Å². The maximum Gasteiger partial charge on any atom is 0.126 e. The zero-order valence-electron chi connectivity index (χ0n) is 22.3. The Balaban J connectivity index is 1.25. The molecule has 0 saturated carbocycles. The lowest BCUT2D eigenvalue weighted by atomic mass is 9.65. The summed E-state index contributed by atoms with van der Waals surface area (Å²) in [7, 11) is 0. The average Bonchev–Trinajstić information content (AvgIpc) is 2.92. The lowest BCUT2D eigenvalue weighted by Crippen LogP contribution is -2.49. The highest BCUT2D eigenvalue weighted by atomic mass is 16.5. The topological polar surface area (TPSA) is 79.2 Å². The van der Waals surface area contributed by atoms with E-state index in [0.717, 1.165) is 74.2 Å². The highest BCUT2D eigenvalue weighted by Crippen LogP contribution is 2.50. The molecule has 6 nitrogen and oxygen atoms in total. The Morgan fingerprint density at radius 1 is 0.868 bits per heavy atom. The number of hydrogen-bond donors (Lipinski definition) is 3. The van der Waals surface area contributed by atoms with Gasteiger partial charge in [0.05, 0.1) is 13.2 Å². The summed E-state index contributed by atoms with van der Waals surface area (Å²) < 4.78 is 12.4. The minimum Gasteiger partial charge on any atom is -0.508 e. The number of quaternary nitrogens is 1. The van der Waals surface area contributed by atoms with E-state index in [1.807, 2.05) is 30.3 Å². The van der Waals surface area contributed by atoms with Crippen LogP contribution in [0.15, 0.2) is 66.7 Å². The van der Waals surface area contributed by atoms with Crippen LogP contribution in [-0.2, 0) is 5.41 Å². The first-order valence-corrected chi connectivity index (χ1v) is 13.9. The molecule has 1 saturated heterocycles. The minimum absolute atomic E-state index is 0.00541. The van der Waals surface area contributed by atoms with E-state index >= 15 is 0 Å². The molecule has 3 N–H and O–H groups in total. The number of fused-ring (bicyclic) bond motifs is 1. The van der Waals surface area contributed by atoms with Crippen LogP contribution in [0.1, 0.15) is 68.1 Å². The first-order chi connectivity index (χ1) is 18.4. The van der Waals surface area contributed by atoms with Crippen molar-refractivity contribution in [3.8, 4) is 23.0 Å². The number of piperidine rings is 1. The smallest absolute Gasteiger partial charge is 0.126 e. The molecule has 6 heteroatoms. The van der Waals surface area contributed by atoms with Crippen molar-refractivity contribution in [2.24, 2.45) is 0 Å². The van der Waals surface area contributed by atoms with Crippen molar-refractivity contribution < 1.29 is 29.5 Å². The first-order valence-electron chi connectivity index (χ1n) is 13.9. The van der Waals surface area contributed by atoms with Crippen LogP contribution in [0.25, 0.3) is 0 Å². The molecule has 3 aromatic carbocycles. The van der Waals surface area contributed by atoms with Crippen molar-refractivity contribution in [1.82, 2.24) is 0 Å². The molecule has 202 valence electrons. The van der Waals surface area contributed by atoms with Gasteiger partial charge in [-0.25, -0.2) is 5.21 Å². The van der Waals surface area contributed by atoms with E-state index < -0.39 is 0 Å². The summed E-state index contributed by atoms with van der Waals surface area (Å²) in [6, 6.07) is 21.0. The molecule has 0 bridgehead atoms. The van der Waals surface area contributed by atoms with Crippen molar-refractivity contribution in [1.29, 1.82) is 0 Å². The second kappa shape index (κ2) is 11.3. The quantitative estimate of drug-likeness (QED) is 0.222. The van der Waals surface area contributed by atoms with E-state index in [0.29, 0.717) is 19.0 Å². The molecule has 0 aromatic heterocycles. The predicted molar refractivity (Wildman–Crippen MR) is 147 cm³/mol. The number of likely N-dealkylation sites (tertiary alicyclic amines) is 1. The summed E-state index contributed by atoms with van der Waals surface area (Å²) in [6.45, 7) is 5.94. The van der Waals surface area contributed by atoms with Crippen molar-refractivity contribution in [3.63, 3.8) is 0 Å². The van der Waals surface area contributed by atoms with Gasteiger partial charge in [-0.2, -0.15) is 4.65 Å². The second-order valence-corrected chi connectivity index (χ2v) is 11.2. The SMILES string of the molecule is C[C@]1(c2ccc(O)cc2)COc2cc(O)ccc2[C@H]1c1ccc(OCCCCC[N+]2(O)CCCCC2)cc1. The summed E-state index contributed by atoms with van der Waals surface area (Å²) in [5.74, 6) is 1.96. The molecule has 0 radical (unpaired) electrons. The molecule has 2 aliphatic rings. The van der Waals surface area contributed by atoms with Crippen molar-refractivity contribution >= 4 is 0 Å². The summed E-state index contributed by atoms with van der Waals surface area (Å²) in [6.07, 6.45) is 6.55. The molecule has 0 unspecified atom stereocenters. The third-order valence-electron chi connectivity index (χ3n) is 8.35. The molecule has 0 aliphatic carbocycles. The van der Waals surface area contributed by atoms with Gasteiger partial charge in [0.15, 0.2) is 0 Å². The Labute approximate surface area is 225 Å². The number of phenols is 2. The van der Waals surface area contributed by atoms with Gasteiger partial charge in [0.1, 0.15) is 42.6 Å². The number of nitrogens with zero attached hydrogens (tertiary/aromatic N) is 1. The molecule has 2 aliphatic heterocycles. The van der Waals surface area contributed by atoms with Crippen LogP contribution in [0.3, 0.4) is 0 Å². The number of hydrogen-bond acceptors (Lipinski definition) is 5. The fourth-order valence-electron chi connectivity index (χ4n) is 6.14. The Morgan fingerprint density at radius 3 is 2.32 bits per heavy atom. The van der Waals surface area contributed by atoms with Crippen molar-refractivity contribution in [2.45, 2.75) is 56.8 Å². The minimum atomic E-state index is -0.374. The summed E-state index contributed by atoms with van der Waals surface area (Å²) >= 11 is 0. The van der Waals surface area contributed by atoms with Crippen LogP contribution in [0, 0.1) is 0 Å². The Hall–Kier alpha value is -3.22. The van der Waals surface area contributed by atoms with Gasteiger partial charge in [0.2, 0.25) is 0 Å². The number of rotatable bonds is 9. The molecule has 0 spiro atoms. The lowest BCUT2D eigenvalue weighted by Gasteiger charge is -2.43.